The Labute approximate surface area is 184 Å². The average Bonchev–Trinajstić information content (AvgIpc) is 3.32. The van der Waals surface area contributed by atoms with Gasteiger partial charge in [0.1, 0.15) is 22.6 Å². The predicted molar refractivity (Wildman–Crippen MR) is 113 cm³/mol. The lowest BCUT2D eigenvalue weighted by Crippen LogP contribution is -2.42. The van der Waals surface area contributed by atoms with Gasteiger partial charge in [-0.05, 0) is 42.5 Å². The van der Waals surface area contributed by atoms with Crippen LogP contribution in [0, 0.1) is 5.82 Å². The van der Waals surface area contributed by atoms with Crippen LogP contribution in [0.3, 0.4) is 0 Å². The van der Waals surface area contributed by atoms with E-state index >= 15 is 0 Å². The lowest BCUT2D eigenvalue weighted by Gasteiger charge is -2.16. The molecule has 168 valence electrons. The molecule has 0 aliphatic heterocycles. The number of carbonyl (C=O) groups is 2. The maximum Gasteiger partial charge on any atom is 0.309 e. The largest absolute Gasteiger partial charge is 0.496 e. The second kappa shape index (κ2) is 10.1. The van der Waals surface area contributed by atoms with Gasteiger partial charge in [-0.15, -0.1) is 0 Å². The van der Waals surface area contributed by atoms with Gasteiger partial charge >= 0.3 is 11.8 Å². The molecule has 10 heteroatoms. The zero-order chi connectivity index (χ0) is 23.1. The number of methoxy groups -OCH3 is 1. The number of para-hydroxylation sites is 1. The normalized spacial score (nSPS) is 12.1. The molecule has 0 saturated carbocycles. The smallest absolute Gasteiger partial charge is 0.309 e. The molecule has 2 amide bonds. The SMILES string of the molecule is COc1ccccc1CNC(=O)C(=O)NC[C@H](c1ccco1)S(=O)(=O)c1ccc(F)cc1. The average molecular weight is 460 g/mol. The standard InChI is InChI=1S/C22H21FN2O6S/c1-30-18-6-3-2-5-15(18)13-24-21(26)22(27)25-14-20(19-7-4-12-31-19)32(28,29)17-10-8-16(23)9-11-17/h2-12,20H,13-14H2,1H3,(H,24,26)(H,25,27)/t20-/m1/s1. The topological polar surface area (TPSA) is 115 Å². The van der Waals surface area contributed by atoms with Crippen molar-refractivity contribution in [3.63, 3.8) is 0 Å². The molecule has 1 aromatic heterocycles. The van der Waals surface area contributed by atoms with Gasteiger partial charge in [-0.2, -0.15) is 0 Å². The summed E-state index contributed by atoms with van der Waals surface area (Å²) in [7, 11) is -2.56. The Morgan fingerprint density at radius 1 is 1.00 bits per heavy atom. The molecule has 32 heavy (non-hydrogen) atoms. The first-order valence-electron chi connectivity index (χ1n) is 9.53. The van der Waals surface area contributed by atoms with Crippen molar-refractivity contribution in [1.82, 2.24) is 10.6 Å². The monoisotopic (exact) mass is 460 g/mol. The molecule has 3 aromatic rings. The van der Waals surface area contributed by atoms with E-state index in [0.717, 1.165) is 24.3 Å². The van der Waals surface area contributed by atoms with E-state index in [1.807, 2.05) is 0 Å². The molecule has 0 fully saturated rings. The van der Waals surface area contributed by atoms with Crippen LogP contribution >= 0.6 is 0 Å². The molecule has 1 atom stereocenters. The van der Waals surface area contributed by atoms with Gasteiger partial charge in [0.15, 0.2) is 9.84 Å². The van der Waals surface area contributed by atoms with Crippen molar-refractivity contribution in [1.29, 1.82) is 0 Å². The van der Waals surface area contributed by atoms with E-state index < -0.39 is 39.3 Å². The third-order valence-corrected chi connectivity index (χ3v) is 6.74. The summed E-state index contributed by atoms with van der Waals surface area (Å²) in [4.78, 5) is 24.3. The summed E-state index contributed by atoms with van der Waals surface area (Å²) in [5.41, 5.74) is 0.670. The number of hydrogen-bond acceptors (Lipinski definition) is 6. The first kappa shape index (κ1) is 23.0. The van der Waals surface area contributed by atoms with Crippen molar-refractivity contribution >= 4 is 21.7 Å². The number of carbonyl (C=O) groups excluding carboxylic acids is 2. The molecule has 0 radical (unpaired) electrons. The summed E-state index contributed by atoms with van der Waals surface area (Å²) in [5.74, 6) is -1.90. The number of sulfone groups is 1. The number of furan rings is 1. The van der Waals surface area contributed by atoms with E-state index in [-0.39, 0.29) is 17.2 Å². The number of halogens is 1. The van der Waals surface area contributed by atoms with Crippen LogP contribution in [-0.2, 0) is 26.0 Å². The Bertz CT molecular complexity index is 1180. The Hall–Kier alpha value is -3.66. The van der Waals surface area contributed by atoms with Crippen LogP contribution in [0.5, 0.6) is 5.75 Å². The quantitative estimate of drug-likeness (QED) is 0.394. The van der Waals surface area contributed by atoms with Crippen molar-refractivity contribution in [2.45, 2.75) is 16.7 Å². The fourth-order valence-electron chi connectivity index (χ4n) is 3.00. The third kappa shape index (κ3) is 5.33. The van der Waals surface area contributed by atoms with E-state index in [2.05, 4.69) is 10.6 Å². The molecule has 0 aliphatic rings. The lowest BCUT2D eigenvalue weighted by atomic mass is 10.2. The van der Waals surface area contributed by atoms with Gasteiger partial charge < -0.3 is 19.8 Å². The Morgan fingerprint density at radius 3 is 2.34 bits per heavy atom. The van der Waals surface area contributed by atoms with E-state index in [1.165, 1.54) is 25.5 Å². The van der Waals surface area contributed by atoms with Crippen LogP contribution in [0.1, 0.15) is 16.6 Å². The lowest BCUT2D eigenvalue weighted by molar-refractivity contribution is -0.139. The molecule has 0 spiro atoms. The number of nitrogens with one attached hydrogen (secondary N) is 2. The van der Waals surface area contributed by atoms with Gasteiger partial charge in [0.05, 0.1) is 18.3 Å². The minimum absolute atomic E-state index is 0.0474. The maximum absolute atomic E-state index is 13.2. The molecular weight excluding hydrogens is 439 g/mol. The highest BCUT2D eigenvalue weighted by Crippen LogP contribution is 2.29. The van der Waals surface area contributed by atoms with Gasteiger partial charge in [0, 0.05) is 18.7 Å². The van der Waals surface area contributed by atoms with Gasteiger partial charge in [-0.3, -0.25) is 9.59 Å². The van der Waals surface area contributed by atoms with Crippen molar-refractivity contribution in [2.24, 2.45) is 0 Å². The number of ether oxygens (including phenoxy) is 1. The highest BCUT2D eigenvalue weighted by Gasteiger charge is 2.32. The minimum Gasteiger partial charge on any atom is -0.496 e. The third-order valence-electron chi connectivity index (χ3n) is 4.66. The predicted octanol–water partition coefficient (Wildman–Crippen LogP) is 2.37. The van der Waals surface area contributed by atoms with Crippen LogP contribution < -0.4 is 15.4 Å². The maximum atomic E-state index is 13.2. The van der Waals surface area contributed by atoms with Gasteiger partial charge in [-0.25, -0.2) is 12.8 Å². The van der Waals surface area contributed by atoms with Crippen molar-refractivity contribution in [3.8, 4) is 5.75 Å². The van der Waals surface area contributed by atoms with E-state index in [4.69, 9.17) is 9.15 Å². The summed E-state index contributed by atoms with van der Waals surface area (Å²) >= 11 is 0. The molecule has 2 aromatic carbocycles. The molecule has 3 rings (SSSR count). The molecular formula is C22H21FN2O6S. The number of rotatable bonds is 8. The zero-order valence-electron chi connectivity index (χ0n) is 17.1. The van der Waals surface area contributed by atoms with E-state index in [1.54, 1.807) is 24.3 Å². The van der Waals surface area contributed by atoms with Crippen LogP contribution in [0.25, 0.3) is 0 Å². The summed E-state index contributed by atoms with van der Waals surface area (Å²) < 4.78 is 49.8. The Morgan fingerprint density at radius 2 is 1.69 bits per heavy atom. The second-order valence-electron chi connectivity index (χ2n) is 6.71. The second-order valence-corrected chi connectivity index (χ2v) is 8.84. The van der Waals surface area contributed by atoms with Crippen molar-refractivity contribution in [2.75, 3.05) is 13.7 Å². The van der Waals surface area contributed by atoms with E-state index in [0.29, 0.717) is 11.3 Å². The highest BCUT2D eigenvalue weighted by molar-refractivity contribution is 7.91. The Kier molecular flexibility index (Phi) is 7.26. The minimum atomic E-state index is -4.05. The summed E-state index contributed by atoms with van der Waals surface area (Å²) in [5, 5.41) is 3.48. The zero-order valence-corrected chi connectivity index (χ0v) is 17.9. The number of hydrogen-bond donors (Lipinski definition) is 2. The van der Waals surface area contributed by atoms with Gasteiger partial charge in [0.2, 0.25) is 0 Å². The number of benzene rings is 2. The molecule has 8 nitrogen and oxygen atoms in total. The van der Waals surface area contributed by atoms with E-state index in [9.17, 15) is 22.4 Å². The highest BCUT2D eigenvalue weighted by atomic mass is 32.2. The fraction of sp³-hybridized carbons (Fsp3) is 0.182. The van der Waals surface area contributed by atoms with Crippen LogP contribution in [-0.4, -0.2) is 33.9 Å². The van der Waals surface area contributed by atoms with Gasteiger partial charge in [0.25, 0.3) is 0 Å². The Balaban J connectivity index is 1.69. The first-order valence-corrected chi connectivity index (χ1v) is 11.1. The summed E-state index contributed by atoms with van der Waals surface area (Å²) in [6.07, 6.45) is 1.30. The summed E-state index contributed by atoms with van der Waals surface area (Å²) in [6.45, 7) is -0.375. The first-order chi connectivity index (χ1) is 15.3. The molecule has 0 saturated heterocycles. The van der Waals surface area contributed by atoms with Crippen LogP contribution in [0.15, 0.2) is 76.2 Å². The van der Waals surface area contributed by atoms with Crippen LogP contribution in [0.2, 0.25) is 0 Å². The van der Waals surface area contributed by atoms with Crippen molar-refractivity contribution < 1.29 is 31.6 Å². The summed E-state index contributed by atoms with van der Waals surface area (Å²) in [6, 6.07) is 14.2. The molecule has 0 aliphatic carbocycles. The molecule has 1 heterocycles. The van der Waals surface area contributed by atoms with Gasteiger partial charge in [-0.1, -0.05) is 18.2 Å². The molecule has 2 N–H and O–H groups in total. The number of amides is 2. The van der Waals surface area contributed by atoms with Crippen molar-refractivity contribution in [3.05, 3.63) is 84.1 Å². The molecule has 0 unspecified atom stereocenters. The fourth-order valence-corrected chi connectivity index (χ4v) is 4.58. The van der Waals surface area contributed by atoms with Crippen LogP contribution in [0.4, 0.5) is 4.39 Å². The molecule has 0 bridgehead atoms.